The predicted octanol–water partition coefficient (Wildman–Crippen LogP) is 3.51. The first-order chi connectivity index (χ1) is 13.1. The average molecular weight is 453 g/mol. The second-order valence-corrected chi connectivity index (χ2v) is 8.80. The Kier molecular flexibility index (Phi) is 7.32. The van der Waals surface area contributed by atoms with Crippen LogP contribution >= 0.6 is 12.4 Å². The molecule has 1 aliphatic heterocycles. The molecule has 0 aromatic heterocycles. The van der Waals surface area contributed by atoms with Gasteiger partial charge in [0.05, 0.1) is 12.3 Å². The number of rotatable bonds is 6. The van der Waals surface area contributed by atoms with Crippen LogP contribution in [-0.2, 0) is 16.4 Å². The molecule has 4 nitrogen and oxygen atoms in total. The van der Waals surface area contributed by atoms with E-state index in [4.69, 9.17) is 0 Å². The molecule has 0 radical (unpaired) electrons. The average Bonchev–Trinajstić information content (AvgIpc) is 2.92. The summed E-state index contributed by atoms with van der Waals surface area (Å²) in [7, 11) is -3.82. The predicted molar refractivity (Wildman–Crippen MR) is 106 cm³/mol. The second-order valence-electron chi connectivity index (χ2n) is 6.75. The van der Waals surface area contributed by atoms with E-state index in [1.54, 1.807) is 24.3 Å². The molecule has 0 amide bonds. The Hall–Kier alpha value is -1.68. The van der Waals surface area contributed by atoms with Gasteiger partial charge in [-0.25, -0.2) is 30.7 Å². The zero-order valence-electron chi connectivity index (χ0n) is 15.5. The largest absolute Gasteiger partial charge is 0.306 e. The van der Waals surface area contributed by atoms with Gasteiger partial charge in [-0.15, -0.1) is 12.4 Å². The van der Waals surface area contributed by atoms with Crippen LogP contribution in [0, 0.1) is 11.6 Å². The van der Waals surface area contributed by atoms with Gasteiger partial charge in [0.1, 0.15) is 6.04 Å². The minimum atomic E-state index is -3.82. The summed E-state index contributed by atoms with van der Waals surface area (Å²) >= 11 is 0. The van der Waals surface area contributed by atoms with Crippen LogP contribution in [0.1, 0.15) is 12.5 Å². The van der Waals surface area contributed by atoms with E-state index in [1.807, 2.05) is 0 Å². The van der Waals surface area contributed by atoms with Crippen molar-refractivity contribution in [2.45, 2.75) is 31.4 Å². The summed E-state index contributed by atoms with van der Waals surface area (Å²) in [5.74, 6) is -5.51. The fourth-order valence-corrected chi connectivity index (χ4v) is 4.16. The molecule has 1 fully saturated rings. The summed E-state index contributed by atoms with van der Waals surface area (Å²) in [5.41, 5.74) is 1.07. The van der Waals surface area contributed by atoms with Crippen molar-refractivity contribution in [1.29, 1.82) is 0 Å². The van der Waals surface area contributed by atoms with E-state index in [1.165, 1.54) is 19.1 Å². The lowest BCUT2D eigenvalue weighted by Crippen LogP contribution is -2.51. The molecule has 10 heteroatoms. The van der Waals surface area contributed by atoms with Crippen LogP contribution in [0.2, 0.25) is 0 Å². The van der Waals surface area contributed by atoms with Crippen LogP contribution in [-0.4, -0.2) is 38.7 Å². The van der Waals surface area contributed by atoms with Gasteiger partial charge >= 0.3 is 0 Å². The Morgan fingerprint density at radius 3 is 2.55 bits per heavy atom. The van der Waals surface area contributed by atoms with Crippen LogP contribution in [0.3, 0.4) is 0 Å². The van der Waals surface area contributed by atoms with E-state index < -0.39 is 46.2 Å². The first-order valence-corrected chi connectivity index (χ1v) is 10.4. The molecule has 1 saturated heterocycles. The van der Waals surface area contributed by atoms with Crippen molar-refractivity contribution in [3.63, 3.8) is 0 Å². The molecule has 29 heavy (non-hydrogen) atoms. The van der Waals surface area contributed by atoms with Crippen LogP contribution in [0.15, 0.2) is 42.5 Å². The minimum absolute atomic E-state index is 0. The summed E-state index contributed by atoms with van der Waals surface area (Å²) in [6, 6.07) is 7.86. The van der Waals surface area contributed by atoms with E-state index in [0.29, 0.717) is 11.1 Å². The molecule has 0 unspecified atom stereocenters. The topological polar surface area (TPSA) is 58.2 Å². The molecule has 1 heterocycles. The number of benzene rings is 2. The summed E-state index contributed by atoms with van der Waals surface area (Å²) in [5, 5.41) is 2.66. The molecule has 3 rings (SSSR count). The standard InChI is InChI=1S/C19H20F4N2O2S.ClH/c1-2-28(26,27)25-18-16(24-11-19(18,22)23)10-12-5-3-6-13(9-12)14-7-4-8-15(20)17(14)21;/h3-9,16,18,24-25H,2,10-11H2,1H3;1H/t16-,18+;/m0./s1. The molecule has 0 spiro atoms. The van der Waals surface area contributed by atoms with Crippen molar-refractivity contribution >= 4 is 22.4 Å². The molecule has 0 saturated carbocycles. The maximum absolute atomic E-state index is 14.2. The molecule has 2 atom stereocenters. The monoisotopic (exact) mass is 452 g/mol. The Labute approximate surface area is 173 Å². The molecule has 2 aromatic rings. The summed E-state index contributed by atoms with van der Waals surface area (Å²) < 4.78 is 81.6. The molecular formula is C19H21ClF4N2O2S. The number of nitrogens with one attached hydrogen (secondary N) is 2. The summed E-state index contributed by atoms with van der Waals surface area (Å²) in [6.45, 7) is 0.724. The lowest BCUT2D eigenvalue weighted by atomic mass is 9.96. The van der Waals surface area contributed by atoms with Gasteiger partial charge in [-0.1, -0.05) is 36.4 Å². The first-order valence-electron chi connectivity index (χ1n) is 8.77. The maximum atomic E-state index is 14.2. The van der Waals surface area contributed by atoms with Gasteiger partial charge in [-0.3, -0.25) is 0 Å². The van der Waals surface area contributed by atoms with Crippen molar-refractivity contribution in [2.75, 3.05) is 12.3 Å². The third-order valence-corrected chi connectivity index (χ3v) is 6.16. The van der Waals surface area contributed by atoms with Crippen LogP contribution in [0.25, 0.3) is 11.1 Å². The first kappa shape index (κ1) is 23.6. The van der Waals surface area contributed by atoms with Gasteiger partial charge in [-0.2, -0.15) is 0 Å². The van der Waals surface area contributed by atoms with Gasteiger partial charge in [0.2, 0.25) is 10.0 Å². The van der Waals surface area contributed by atoms with E-state index >= 15 is 0 Å². The number of hydrogen-bond acceptors (Lipinski definition) is 3. The Morgan fingerprint density at radius 2 is 1.86 bits per heavy atom. The number of halogens is 5. The van der Waals surface area contributed by atoms with E-state index in [-0.39, 0.29) is 30.1 Å². The van der Waals surface area contributed by atoms with Crippen molar-refractivity contribution in [3.8, 4) is 11.1 Å². The highest BCUT2D eigenvalue weighted by molar-refractivity contribution is 7.89. The highest BCUT2D eigenvalue weighted by Gasteiger charge is 2.51. The van der Waals surface area contributed by atoms with Crippen molar-refractivity contribution in [2.24, 2.45) is 0 Å². The van der Waals surface area contributed by atoms with Gasteiger partial charge < -0.3 is 5.32 Å². The minimum Gasteiger partial charge on any atom is -0.306 e. The zero-order valence-corrected chi connectivity index (χ0v) is 17.1. The van der Waals surface area contributed by atoms with Gasteiger partial charge in [0.25, 0.3) is 5.92 Å². The molecule has 0 aliphatic carbocycles. The smallest absolute Gasteiger partial charge is 0.277 e. The Balaban J connectivity index is 0.00000300. The summed E-state index contributed by atoms with van der Waals surface area (Å²) in [4.78, 5) is 0. The quantitative estimate of drug-likeness (QED) is 0.659. The summed E-state index contributed by atoms with van der Waals surface area (Å²) in [6.07, 6.45) is 0.0945. The highest BCUT2D eigenvalue weighted by Crippen LogP contribution is 2.30. The molecular weight excluding hydrogens is 432 g/mol. The number of hydrogen-bond donors (Lipinski definition) is 2. The van der Waals surface area contributed by atoms with Gasteiger partial charge in [0.15, 0.2) is 11.6 Å². The van der Waals surface area contributed by atoms with E-state index in [0.717, 1.165) is 6.07 Å². The molecule has 2 aromatic carbocycles. The normalized spacial score (nSPS) is 21.0. The lowest BCUT2D eigenvalue weighted by molar-refractivity contribution is -0.000847. The van der Waals surface area contributed by atoms with Crippen molar-refractivity contribution < 1.29 is 26.0 Å². The van der Waals surface area contributed by atoms with Gasteiger partial charge in [-0.05, 0) is 30.5 Å². The fourth-order valence-electron chi connectivity index (χ4n) is 3.27. The Bertz CT molecular complexity index is 972. The van der Waals surface area contributed by atoms with Crippen molar-refractivity contribution in [3.05, 3.63) is 59.7 Å². The van der Waals surface area contributed by atoms with Gasteiger partial charge in [0, 0.05) is 11.6 Å². The number of alkyl halides is 2. The van der Waals surface area contributed by atoms with Crippen LogP contribution < -0.4 is 10.0 Å². The third-order valence-electron chi connectivity index (χ3n) is 4.79. The van der Waals surface area contributed by atoms with E-state index in [2.05, 4.69) is 10.0 Å². The Morgan fingerprint density at radius 1 is 1.17 bits per heavy atom. The van der Waals surface area contributed by atoms with Crippen molar-refractivity contribution in [1.82, 2.24) is 10.0 Å². The SMILES string of the molecule is CCS(=O)(=O)N[C@@H]1[C@H](Cc2cccc(-c3cccc(F)c3F)c2)NCC1(F)F.Cl. The second kappa shape index (κ2) is 8.99. The van der Waals surface area contributed by atoms with Crippen LogP contribution in [0.5, 0.6) is 0 Å². The lowest BCUT2D eigenvalue weighted by Gasteiger charge is -2.24. The number of sulfonamides is 1. The molecule has 0 bridgehead atoms. The van der Waals surface area contributed by atoms with Crippen LogP contribution in [0.4, 0.5) is 17.6 Å². The molecule has 160 valence electrons. The third kappa shape index (κ3) is 5.28. The highest BCUT2D eigenvalue weighted by atomic mass is 35.5. The fraction of sp³-hybridized carbons (Fsp3) is 0.368. The molecule has 2 N–H and O–H groups in total. The molecule has 1 aliphatic rings. The maximum Gasteiger partial charge on any atom is 0.277 e. The van der Waals surface area contributed by atoms with E-state index in [9.17, 15) is 26.0 Å². The zero-order chi connectivity index (χ0) is 20.5.